The maximum atomic E-state index is 12.7. The molecular formula is C19H20ClN3O3. The molecule has 136 valence electrons. The van der Waals surface area contributed by atoms with Crippen molar-refractivity contribution in [1.82, 2.24) is 4.90 Å². The number of urea groups is 1. The van der Waals surface area contributed by atoms with E-state index < -0.39 is 6.09 Å². The summed E-state index contributed by atoms with van der Waals surface area (Å²) in [7, 11) is 1.30. The van der Waals surface area contributed by atoms with Crippen molar-refractivity contribution in [3.8, 4) is 0 Å². The molecule has 1 unspecified atom stereocenters. The topological polar surface area (TPSA) is 70.7 Å². The second-order valence-corrected chi connectivity index (χ2v) is 6.40. The fraction of sp³-hybridized carbons (Fsp3) is 0.263. The Morgan fingerprint density at radius 2 is 1.73 bits per heavy atom. The Morgan fingerprint density at radius 1 is 1.08 bits per heavy atom. The highest BCUT2D eigenvalue weighted by molar-refractivity contribution is 6.31. The Kier molecular flexibility index (Phi) is 5.63. The minimum Gasteiger partial charge on any atom is -0.453 e. The molecule has 3 amide bonds. The van der Waals surface area contributed by atoms with E-state index in [0.29, 0.717) is 22.9 Å². The predicted molar refractivity (Wildman–Crippen MR) is 102 cm³/mol. The van der Waals surface area contributed by atoms with Gasteiger partial charge in [-0.05, 0) is 48.7 Å². The third kappa shape index (κ3) is 4.08. The van der Waals surface area contributed by atoms with Crippen LogP contribution in [-0.2, 0) is 4.74 Å². The average molecular weight is 374 g/mol. The third-order valence-corrected chi connectivity index (χ3v) is 4.69. The standard InChI is InChI=1S/C19H20ClN3O3/c1-26-19(25)22-14-10-8-13(9-11-14)21-18(24)23-12-4-7-17(23)15-5-2-3-6-16(15)20/h2-3,5-6,8-11,17H,4,7,12H2,1H3,(H,21,24)(H,22,25). The first-order valence-electron chi connectivity index (χ1n) is 8.35. The molecule has 3 rings (SSSR count). The van der Waals surface area contributed by atoms with Gasteiger partial charge in [0.2, 0.25) is 0 Å². The Morgan fingerprint density at radius 3 is 2.38 bits per heavy atom. The van der Waals surface area contributed by atoms with Crippen LogP contribution in [0.5, 0.6) is 0 Å². The molecule has 0 bridgehead atoms. The molecule has 2 N–H and O–H groups in total. The molecule has 1 atom stereocenters. The Balaban J connectivity index is 1.67. The van der Waals surface area contributed by atoms with Crippen LogP contribution in [0.15, 0.2) is 48.5 Å². The summed E-state index contributed by atoms with van der Waals surface area (Å²) in [6.45, 7) is 0.684. The number of nitrogens with one attached hydrogen (secondary N) is 2. The van der Waals surface area contributed by atoms with E-state index in [1.165, 1.54) is 7.11 Å². The quantitative estimate of drug-likeness (QED) is 0.804. The van der Waals surface area contributed by atoms with Gasteiger partial charge in [-0.15, -0.1) is 0 Å². The van der Waals surface area contributed by atoms with Gasteiger partial charge in [0.25, 0.3) is 0 Å². The van der Waals surface area contributed by atoms with Gasteiger partial charge in [0.1, 0.15) is 0 Å². The zero-order chi connectivity index (χ0) is 18.5. The number of anilines is 2. The molecule has 1 aliphatic heterocycles. The predicted octanol–water partition coefficient (Wildman–Crippen LogP) is 4.89. The monoisotopic (exact) mass is 373 g/mol. The molecule has 0 saturated carbocycles. The van der Waals surface area contributed by atoms with Crippen LogP contribution in [0.25, 0.3) is 0 Å². The maximum absolute atomic E-state index is 12.7. The summed E-state index contributed by atoms with van der Waals surface area (Å²) >= 11 is 6.30. The first kappa shape index (κ1) is 18.1. The highest BCUT2D eigenvalue weighted by Crippen LogP contribution is 2.36. The lowest BCUT2D eigenvalue weighted by atomic mass is 10.0. The van der Waals surface area contributed by atoms with Crippen LogP contribution in [0.2, 0.25) is 5.02 Å². The maximum Gasteiger partial charge on any atom is 0.411 e. The van der Waals surface area contributed by atoms with E-state index in [1.54, 1.807) is 24.3 Å². The number of rotatable bonds is 3. The smallest absolute Gasteiger partial charge is 0.411 e. The molecule has 1 heterocycles. The van der Waals surface area contributed by atoms with Crippen LogP contribution >= 0.6 is 11.6 Å². The molecule has 2 aromatic rings. The lowest BCUT2D eigenvalue weighted by Crippen LogP contribution is -2.34. The third-order valence-electron chi connectivity index (χ3n) is 4.35. The SMILES string of the molecule is COC(=O)Nc1ccc(NC(=O)N2CCCC2c2ccccc2Cl)cc1. The first-order chi connectivity index (χ1) is 12.6. The van der Waals surface area contributed by atoms with Gasteiger partial charge < -0.3 is 15.0 Å². The van der Waals surface area contributed by atoms with Crippen molar-refractivity contribution in [2.75, 3.05) is 24.3 Å². The number of likely N-dealkylation sites (tertiary alicyclic amines) is 1. The van der Waals surface area contributed by atoms with Crippen LogP contribution in [0.3, 0.4) is 0 Å². The van der Waals surface area contributed by atoms with Gasteiger partial charge in [0, 0.05) is 22.9 Å². The number of hydrogen-bond donors (Lipinski definition) is 2. The molecule has 1 saturated heterocycles. The van der Waals surface area contributed by atoms with Crippen molar-refractivity contribution >= 4 is 35.1 Å². The van der Waals surface area contributed by atoms with Gasteiger partial charge in [-0.3, -0.25) is 5.32 Å². The number of hydrogen-bond acceptors (Lipinski definition) is 3. The Bertz CT molecular complexity index is 795. The van der Waals surface area contributed by atoms with E-state index in [1.807, 2.05) is 29.2 Å². The van der Waals surface area contributed by atoms with Gasteiger partial charge >= 0.3 is 12.1 Å². The summed E-state index contributed by atoms with van der Waals surface area (Å²) < 4.78 is 4.54. The van der Waals surface area contributed by atoms with Crippen LogP contribution in [0.1, 0.15) is 24.4 Å². The van der Waals surface area contributed by atoms with Gasteiger partial charge in [0.05, 0.1) is 13.2 Å². The van der Waals surface area contributed by atoms with Crippen molar-refractivity contribution in [1.29, 1.82) is 0 Å². The van der Waals surface area contributed by atoms with Gasteiger partial charge in [-0.2, -0.15) is 0 Å². The van der Waals surface area contributed by atoms with E-state index in [2.05, 4.69) is 15.4 Å². The zero-order valence-corrected chi connectivity index (χ0v) is 15.1. The van der Waals surface area contributed by atoms with E-state index in [-0.39, 0.29) is 12.1 Å². The number of nitrogens with zero attached hydrogens (tertiary/aromatic N) is 1. The number of carbonyl (C=O) groups is 2. The molecule has 1 aliphatic rings. The van der Waals surface area contributed by atoms with Crippen LogP contribution < -0.4 is 10.6 Å². The normalized spacial score (nSPS) is 16.2. The minimum absolute atomic E-state index is 0.0241. The molecule has 0 aromatic heterocycles. The van der Waals surface area contributed by atoms with Crippen molar-refractivity contribution in [3.05, 3.63) is 59.1 Å². The molecule has 7 heteroatoms. The number of carbonyl (C=O) groups excluding carboxylic acids is 2. The van der Waals surface area contributed by atoms with Crippen molar-refractivity contribution < 1.29 is 14.3 Å². The second-order valence-electron chi connectivity index (χ2n) is 6.00. The van der Waals surface area contributed by atoms with Gasteiger partial charge in [0.15, 0.2) is 0 Å². The first-order valence-corrected chi connectivity index (χ1v) is 8.73. The molecule has 2 aromatic carbocycles. The second kappa shape index (κ2) is 8.10. The molecule has 0 radical (unpaired) electrons. The van der Waals surface area contributed by atoms with Crippen LogP contribution in [0.4, 0.5) is 21.0 Å². The summed E-state index contributed by atoms with van der Waals surface area (Å²) in [5, 5.41) is 6.14. The summed E-state index contributed by atoms with van der Waals surface area (Å²) in [5.41, 5.74) is 2.21. The lowest BCUT2D eigenvalue weighted by molar-refractivity contribution is 0.187. The molecule has 6 nitrogen and oxygen atoms in total. The van der Waals surface area contributed by atoms with Crippen molar-refractivity contribution in [2.45, 2.75) is 18.9 Å². The largest absolute Gasteiger partial charge is 0.453 e. The highest BCUT2D eigenvalue weighted by Gasteiger charge is 2.31. The molecule has 0 aliphatic carbocycles. The van der Waals surface area contributed by atoms with E-state index >= 15 is 0 Å². The minimum atomic E-state index is -0.540. The Hall–Kier alpha value is -2.73. The molecule has 1 fully saturated rings. The van der Waals surface area contributed by atoms with E-state index in [4.69, 9.17) is 11.6 Å². The number of halogens is 1. The summed E-state index contributed by atoms with van der Waals surface area (Å²) in [6.07, 6.45) is 1.28. The van der Waals surface area contributed by atoms with Crippen molar-refractivity contribution in [2.24, 2.45) is 0 Å². The number of ether oxygens (including phenoxy) is 1. The van der Waals surface area contributed by atoms with Crippen LogP contribution in [0, 0.1) is 0 Å². The van der Waals surface area contributed by atoms with Gasteiger partial charge in [-0.1, -0.05) is 29.8 Å². The molecule has 0 spiro atoms. The number of amides is 3. The van der Waals surface area contributed by atoms with E-state index in [0.717, 1.165) is 18.4 Å². The summed E-state index contributed by atoms with van der Waals surface area (Å²) in [6, 6.07) is 14.3. The fourth-order valence-corrected chi connectivity index (χ4v) is 3.34. The number of benzene rings is 2. The fourth-order valence-electron chi connectivity index (χ4n) is 3.08. The average Bonchev–Trinajstić information content (AvgIpc) is 3.13. The summed E-state index contributed by atoms with van der Waals surface area (Å²) in [5.74, 6) is 0. The van der Waals surface area contributed by atoms with Gasteiger partial charge in [-0.25, -0.2) is 9.59 Å². The molecular weight excluding hydrogens is 354 g/mol. The van der Waals surface area contributed by atoms with Crippen LogP contribution in [-0.4, -0.2) is 30.7 Å². The van der Waals surface area contributed by atoms with E-state index in [9.17, 15) is 9.59 Å². The highest BCUT2D eigenvalue weighted by atomic mass is 35.5. The summed E-state index contributed by atoms with van der Waals surface area (Å²) in [4.78, 5) is 25.7. The molecule has 26 heavy (non-hydrogen) atoms. The zero-order valence-electron chi connectivity index (χ0n) is 14.4. The number of methoxy groups -OCH3 is 1. The lowest BCUT2D eigenvalue weighted by Gasteiger charge is -2.26. The van der Waals surface area contributed by atoms with Crippen molar-refractivity contribution in [3.63, 3.8) is 0 Å². The Labute approximate surface area is 157 Å².